The van der Waals surface area contributed by atoms with Crippen molar-refractivity contribution in [1.29, 1.82) is 0 Å². The normalized spacial score (nSPS) is 37.9. The Morgan fingerprint density at radius 3 is 2.62 bits per heavy atom. The van der Waals surface area contributed by atoms with E-state index in [0.29, 0.717) is 19.0 Å². The molecule has 178 valence electrons. The molecule has 4 aliphatic rings. The number of carboxylic acid groups (broad SMARTS) is 1. The third-order valence-electron chi connectivity index (χ3n) is 7.80. The van der Waals surface area contributed by atoms with Crippen LogP contribution in [0.2, 0.25) is 0 Å². The number of carboxylic acids is 1. The Bertz CT molecular complexity index is 856. The maximum absolute atomic E-state index is 13.0. The summed E-state index contributed by atoms with van der Waals surface area (Å²) in [5.74, 6) is -2.19. The first kappa shape index (κ1) is 23.5. The van der Waals surface area contributed by atoms with Crippen LogP contribution in [-0.4, -0.2) is 107 Å². The Kier molecular flexibility index (Phi) is 5.89. The Balaban J connectivity index is 1.36. The van der Waals surface area contributed by atoms with Gasteiger partial charge in [-0.05, 0) is 13.3 Å². The molecule has 3 fully saturated rings. The molecule has 2 amide bonds. The van der Waals surface area contributed by atoms with Crippen LogP contribution in [0.3, 0.4) is 0 Å². The summed E-state index contributed by atoms with van der Waals surface area (Å²) in [6.07, 6.45) is 2.10. The average molecular weight is 467 g/mol. The lowest BCUT2D eigenvalue weighted by Gasteiger charge is -2.55. The van der Waals surface area contributed by atoms with Crippen LogP contribution >= 0.6 is 11.8 Å². The van der Waals surface area contributed by atoms with Crippen LogP contribution in [0.25, 0.3) is 0 Å². The fraction of sp³-hybridized carbons (Fsp3) is 0.773. The molecule has 0 radical (unpaired) electrons. The fourth-order valence-corrected chi connectivity index (χ4v) is 7.09. The Morgan fingerprint density at radius 2 is 2.06 bits per heavy atom. The SMILES string of the molecule is CC(O)[C@]1(C(=O)[O-])C(=O)N2C=C(S[C@@H]3CN[C@H](C(=O)N4CC[C@H]([N+](C)(C)C)C4)C3)[C@H](C)[C@H]21. The molecule has 0 aliphatic carbocycles. The largest absolute Gasteiger partial charge is 0.549 e. The number of aliphatic carboxylic acids is 1. The van der Waals surface area contributed by atoms with E-state index in [1.54, 1.807) is 18.0 Å². The summed E-state index contributed by atoms with van der Waals surface area (Å²) < 4.78 is 0.850. The molecule has 4 aliphatic heterocycles. The Hall–Kier alpha value is -1.62. The van der Waals surface area contributed by atoms with Gasteiger partial charge >= 0.3 is 0 Å². The number of likely N-dealkylation sites (N-methyl/N-ethyl adjacent to an activating group) is 1. The summed E-state index contributed by atoms with van der Waals surface area (Å²) >= 11 is 1.60. The second-order valence-electron chi connectivity index (χ2n) is 10.6. The van der Waals surface area contributed by atoms with Crippen LogP contribution in [-0.2, 0) is 14.4 Å². The second kappa shape index (κ2) is 8.00. The summed E-state index contributed by atoms with van der Waals surface area (Å²) in [4.78, 5) is 41.8. The molecule has 7 atom stereocenters. The molecule has 0 saturated carbocycles. The highest BCUT2D eigenvalue weighted by Crippen LogP contribution is 2.54. The number of carbonyl (C=O) groups excluding carboxylic acids is 3. The minimum absolute atomic E-state index is 0.154. The topological polar surface area (TPSA) is 113 Å². The predicted octanol–water partition coefficient (Wildman–Crippen LogP) is -1.42. The number of nitrogens with zero attached hydrogens (tertiary/aromatic N) is 3. The van der Waals surface area contributed by atoms with E-state index in [1.165, 1.54) is 11.8 Å². The lowest BCUT2D eigenvalue weighted by molar-refractivity contribution is -0.893. The van der Waals surface area contributed by atoms with Gasteiger partial charge in [0.15, 0.2) is 0 Å². The fourth-order valence-electron chi connectivity index (χ4n) is 5.71. The van der Waals surface area contributed by atoms with Crippen molar-refractivity contribution >= 4 is 29.5 Å². The Morgan fingerprint density at radius 1 is 1.38 bits per heavy atom. The number of likely N-dealkylation sites (tertiary alicyclic amines) is 1. The zero-order valence-electron chi connectivity index (χ0n) is 19.4. The van der Waals surface area contributed by atoms with Gasteiger partial charge in [0, 0.05) is 41.8 Å². The molecule has 0 aromatic carbocycles. The van der Waals surface area contributed by atoms with Gasteiger partial charge in [-0.1, -0.05) is 6.92 Å². The number of rotatable bonds is 6. The van der Waals surface area contributed by atoms with Crippen molar-refractivity contribution in [2.45, 2.75) is 56.2 Å². The highest BCUT2D eigenvalue weighted by atomic mass is 32.2. The Labute approximate surface area is 193 Å². The van der Waals surface area contributed by atoms with Crippen molar-refractivity contribution in [2.75, 3.05) is 40.8 Å². The molecule has 0 bridgehead atoms. The summed E-state index contributed by atoms with van der Waals surface area (Å²) in [5.41, 5.74) is -1.89. The van der Waals surface area contributed by atoms with Gasteiger partial charge in [-0.2, -0.15) is 0 Å². The highest BCUT2D eigenvalue weighted by Gasteiger charge is 2.68. The van der Waals surface area contributed by atoms with Crippen LogP contribution in [0, 0.1) is 11.3 Å². The number of amides is 2. The molecule has 4 heterocycles. The maximum atomic E-state index is 13.0. The third kappa shape index (κ3) is 3.46. The molecule has 9 nitrogen and oxygen atoms in total. The number of β-lactam (4-membered cyclic amide) rings is 1. The van der Waals surface area contributed by atoms with Gasteiger partial charge < -0.3 is 34.6 Å². The lowest BCUT2D eigenvalue weighted by atomic mass is 9.64. The average Bonchev–Trinajstić information content (AvgIpc) is 3.41. The molecule has 0 aromatic rings. The number of quaternary nitrogens is 1. The van der Waals surface area contributed by atoms with Crippen molar-refractivity contribution in [3.05, 3.63) is 11.1 Å². The van der Waals surface area contributed by atoms with Crippen LogP contribution in [0.5, 0.6) is 0 Å². The molecular weight excluding hydrogens is 432 g/mol. The van der Waals surface area contributed by atoms with E-state index in [0.717, 1.165) is 28.9 Å². The van der Waals surface area contributed by atoms with E-state index < -0.39 is 29.4 Å². The van der Waals surface area contributed by atoms with E-state index in [1.807, 2.05) is 11.8 Å². The van der Waals surface area contributed by atoms with Gasteiger partial charge in [0.25, 0.3) is 0 Å². The zero-order valence-corrected chi connectivity index (χ0v) is 20.2. The predicted molar refractivity (Wildman–Crippen MR) is 118 cm³/mol. The number of aliphatic hydroxyl groups excluding tert-OH is 1. The van der Waals surface area contributed by atoms with E-state index in [-0.39, 0.29) is 23.1 Å². The molecule has 0 aromatic heterocycles. The van der Waals surface area contributed by atoms with Crippen molar-refractivity contribution < 1.29 is 29.1 Å². The number of carbonyl (C=O) groups is 3. The van der Waals surface area contributed by atoms with Crippen LogP contribution in [0.4, 0.5) is 0 Å². The molecule has 32 heavy (non-hydrogen) atoms. The van der Waals surface area contributed by atoms with E-state index in [9.17, 15) is 24.6 Å². The number of fused-ring (bicyclic) bond motifs is 1. The first-order valence-electron chi connectivity index (χ1n) is 11.3. The third-order valence-corrected chi connectivity index (χ3v) is 9.24. The number of hydrogen-bond donors (Lipinski definition) is 2. The van der Waals surface area contributed by atoms with E-state index >= 15 is 0 Å². The van der Waals surface area contributed by atoms with Gasteiger partial charge in [-0.3, -0.25) is 9.59 Å². The molecule has 0 spiro atoms. The van der Waals surface area contributed by atoms with E-state index in [2.05, 4.69) is 26.5 Å². The van der Waals surface area contributed by atoms with Gasteiger partial charge in [-0.15, -0.1) is 11.8 Å². The lowest BCUT2D eigenvalue weighted by Crippen LogP contribution is -2.76. The first-order valence-corrected chi connectivity index (χ1v) is 12.2. The number of hydrogen-bond acceptors (Lipinski definition) is 7. The minimum Gasteiger partial charge on any atom is -0.549 e. The summed E-state index contributed by atoms with van der Waals surface area (Å²) in [5, 5.41) is 25.5. The van der Waals surface area contributed by atoms with Crippen molar-refractivity contribution in [1.82, 2.24) is 15.1 Å². The molecule has 10 heteroatoms. The molecule has 1 unspecified atom stereocenters. The van der Waals surface area contributed by atoms with Gasteiger partial charge in [0.2, 0.25) is 11.8 Å². The smallest absolute Gasteiger partial charge is 0.243 e. The number of thioether (sulfide) groups is 1. The van der Waals surface area contributed by atoms with Gasteiger partial charge in [0.1, 0.15) is 11.5 Å². The molecule has 2 N–H and O–H groups in total. The monoisotopic (exact) mass is 466 g/mol. The molecule has 4 rings (SSSR count). The van der Waals surface area contributed by atoms with Crippen LogP contribution < -0.4 is 10.4 Å². The highest BCUT2D eigenvalue weighted by molar-refractivity contribution is 8.03. The first-order chi connectivity index (χ1) is 14.9. The summed E-state index contributed by atoms with van der Waals surface area (Å²) in [7, 11) is 6.49. The van der Waals surface area contributed by atoms with Gasteiger partial charge in [-0.25, -0.2) is 0 Å². The van der Waals surface area contributed by atoms with Crippen molar-refractivity contribution in [3.8, 4) is 0 Å². The molecule has 3 saturated heterocycles. The number of nitrogens with one attached hydrogen (secondary N) is 1. The van der Waals surface area contributed by atoms with Crippen LogP contribution in [0.15, 0.2) is 11.1 Å². The van der Waals surface area contributed by atoms with Crippen molar-refractivity contribution in [3.63, 3.8) is 0 Å². The maximum Gasteiger partial charge on any atom is 0.243 e. The second-order valence-corrected chi connectivity index (χ2v) is 12.0. The van der Waals surface area contributed by atoms with Crippen molar-refractivity contribution in [2.24, 2.45) is 11.3 Å². The minimum atomic E-state index is -1.89. The van der Waals surface area contributed by atoms with Gasteiger partial charge in [0.05, 0.1) is 51.8 Å². The van der Waals surface area contributed by atoms with Crippen LogP contribution in [0.1, 0.15) is 26.7 Å². The quantitative estimate of drug-likeness (QED) is 0.281. The zero-order chi connectivity index (χ0) is 23.6. The standard InChI is InChI=1S/C22H34N4O5S/c1-12-17(11-25-18(12)22(13(2)27,20(25)29)21(30)31)32-15-8-16(23-9-15)19(28)24-7-6-14(10-24)26(3,4)5/h11-16,18,23,27H,6-10H2,1-5H3/t12-,13?,14-,15-,16-,18-,22+/m0/s1. The summed E-state index contributed by atoms with van der Waals surface area (Å²) in [6.45, 7) is 5.47. The van der Waals surface area contributed by atoms with E-state index in [4.69, 9.17) is 0 Å². The summed E-state index contributed by atoms with van der Waals surface area (Å²) in [6, 6.07) is -0.393. The number of aliphatic hydroxyl groups is 1. The molecular formula is C22H34N4O5S.